The van der Waals surface area contributed by atoms with E-state index in [1.165, 1.54) is 21.6 Å². The molecule has 0 aromatic heterocycles. The number of aryl methyl sites for hydroxylation is 1. The van der Waals surface area contributed by atoms with E-state index in [1.54, 1.807) is 0 Å². The molecule has 2 aromatic rings. The number of thioether (sulfide) groups is 1. The van der Waals surface area contributed by atoms with Crippen LogP contribution in [0, 0.1) is 6.92 Å². The maximum absolute atomic E-state index is 5.84. The molecule has 0 radical (unpaired) electrons. The highest BCUT2D eigenvalue weighted by Crippen LogP contribution is 2.31. The van der Waals surface area contributed by atoms with E-state index in [9.17, 15) is 0 Å². The molecule has 0 amide bonds. The summed E-state index contributed by atoms with van der Waals surface area (Å²) in [5.74, 6) is 0.993. The average Bonchev–Trinajstić information content (AvgIpc) is 2.37. The molecule has 3 heteroatoms. The predicted octanol–water partition coefficient (Wildman–Crippen LogP) is 4.94. The van der Waals surface area contributed by atoms with Crippen molar-refractivity contribution in [2.24, 2.45) is 5.73 Å². The molecule has 0 spiro atoms. The van der Waals surface area contributed by atoms with Crippen LogP contribution in [0.2, 0.25) is 0 Å². The van der Waals surface area contributed by atoms with Crippen molar-refractivity contribution in [2.45, 2.75) is 37.0 Å². The fourth-order valence-electron chi connectivity index (χ4n) is 2.12. The highest BCUT2D eigenvalue weighted by Gasteiger charge is 2.05. The molecule has 0 aliphatic carbocycles. The first kappa shape index (κ1) is 15.6. The van der Waals surface area contributed by atoms with Crippen LogP contribution in [0.25, 0.3) is 0 Å². The Kier molecular flexibility index (Phi) is 5.70. The molecule has 0 saturated carbocycles. The number of hydrogen-bond acceptors (Lipinski definition) is 2. The van der Waals surface area contributed by atoms with Gasteiger partial charge in [0.15, 0.2) is 0 Å². The fourth-order valence-corrected chi connectivity index (χ4v) is 3.76. The molecule has 0 heterocycles. The molecule has 2 aromatic carbocycles. The maximum atomic E-state index is 5.84. The largest absolute Gasteiger partial charge is 0.328 e. The number of rotatable bonds is 5. The Balaban J connectivity index is 2.03. The van der Waals surface area contributed by atoms with Gasteiger partial charge in [-0.2, -0.15) is 0 Å². The van der Waals surface area contributed by atoms with Crippen LogP contribution < -0.4 is 5.73 Å². The molecule has 1 atom stereocenters. The van der Waals surface area contributed by atoms with Crippen LogP contribution in [0.3, 0.4) is 0 Å². The van der Waals surface area contributed by atoms with E-state index in [0.29, 0.717) is 0 Å². The first-order valence-electron chi connectivity index (χ1n) is 6.77. The van der Waals surface area contributed by atoms with E-state index < -0.39 is 0 Å². The van der Waals surface area contributed by atoms with Crippen molar-refractivity contribution in [3.05, 3.63) is 63.6 Å². The standard InChI is InChI=1S/C17H20BrNS/c1-12-4-3-5-15(8-12)11-20-17-7-6-14(9-13(2)19)10-16(17)18/h3-8,10,13H,9,11,19H2,1-2H3. The summed E-state index contributed by atoms with van der Waals surface area (Å²) >= 11 is 5.52. The molecule has 20 heavy (non-hydrogen) atoms. The summed E-state index contributed by atoms with van der Waals surface area (Å²) in [7, 11) is 0. The molecule has 0 aliphatic heterocycles. The van der Waals surface area contributed by atoms with Crippen LogP contribution in [-0.2, 0) is 12.2 Å². The molecule has 0 saturated heterocycles. The van der Waals surface area contributed by atoms with Crippen LogP contribution in [-0.4, -0.2) is 6.04 Å². The molecule has 1 nitrogen and oxygen atoms in total. The summed E-state index contributed by atoms with van der Waals surface area (Å²) < 4.78 is 1.16. The lowest BCUT2D eigenvalue weighted by molar-refractivity contribution is 0.737. The summed E-state index contributed by atoms with van der Waals surface area (Å²) in [6.45, 7) is 4.17. The third kappa shape index (κ3) is 4.65. The second-order valence-corrected chi connectivity index (χ2v) is 7.10. The third-order valence-electron chi connectivity index (χ3n) is 3.03. The molecule has 0 aliphatic rings. The van der Waals surface area contributed by atoms with Gasteiger partial charge in [0.05, 0.1) is 0 Å². The lowest BCUT2D eigenvalue weighted by Crippen LogP contribution is -2.17. The average molecular weight is 350 g/mol. The predicted molar refractivity (Wildman–Crippen MR) is 92.2 cm³/mol. The van der Waals surface area contributed by atoms with Crippen molar-refractivity contribution < 1.29 is 0 Å². The summed E-state index contributed by atoms with van der Waals surface area (Å²) in [6.07, 6.45) is 0.918. The Morgan fingerprint density at radius 3 is 2.60 bits per heavy atom. The van der Waals surface area contributed by atoms with Crippen molar-refractivity contribution in [3.63, 3.8) is 0 Å². The Morgan fingerprint density at radius 1 is 1.15 bits per heavy atom. The number of halogens is 1. The second-order valence-electron chi connectivity index (χ2n) is 5.22. The minimum atomic E-state index is 0.202. The summed E-state index contributed by atoms with van der Waals surface area (Å²) in [5.41, 5.74) is 9.80. The summed E-state index contributed by atoms with van der Waals surface area (Å²) in [6, 6.07) is 15.4. The first-order valence-corrected chi connectivity index (χ1v) is 8.55. The van der Waals surface area contributed by atoms with Crippen molar-refractivity contribution in [2.75, 3.05) is 0 Å². The van der Waals surface area contributed by atoms with E-state index in [-0.39, 0.29) is 6.04 Å². The Hall–Kier alpha value is -0.770. The van der Waals surface area contributed by atoms with Crippen molar-refractivity contribution in [1.82, 2.24) is 0 Å². The van der Waals surface area contributed by atoms with Gasteiger partial charge in [-0.15, -0.1) is 11.8 Å². The monoisotopic (exact) mass is 349 g/mol. The molecule has 2 rings (SSSR count). The number of benzene rings is 2. The van der Waals surface area contributed by atoms with Crippen LogP contribution in [0.4, 0.5) is 0 Å². The Bertz CT molecular complexity index is 581. The minimum Gasteiger partial charge on any atom is -0.328 e. The number of nitrogens with two attached hydrogens (primary N) is 1. The highest BCUT2D eigenvalue weighted by molar-refractivity contribution is 9.10. The van der Waals surface area contributed by atoms with E-state index >= 15 is 0 Å². The zero-order valence-corrected chi connectivity index (χ0v) is 14.3. The van der Waals surface area contributed by atoms with E-state index in [2.05, 4.69) is 65.3 Å². The van der Waals surface area contributed by atoms with E-state index in [4.69, 9.17) is 5.73 Å². The van der Waals surface area contributed by atoms with Gasteiger partial charge >= 0.3 is 0 Å². The van der Waals surface area contributed by atoms with Gasteiger partial charge < -0.3 is 5.73 Å². The lowest BCUT2D eigenvalue weighted by atomic mass is 10.1. The zero-order valence-electron chi connectivity index (χ0n) is 11.9. The lowest BCUT2D eigenvalue weighted by Gasteiger charge is -2.09. The van der Waals surface area contributed by atoms with Crippen LogP contribution >= 0.6 is 27.7 Å². The van der Waals surface area contributed by atoms with Gasteiger partial charge in [0, 0.05) is 21.2 Å². The summed E-state index contributed by atoms with van der Waals surface area (Å²) in [5, 5.41) is 0. The molecule has 1 unspecified atom stereocenters. The first-order chi connectivity index (χ1) is 9.54. The van der Waals surface area contributed by atoms with E-state index in [0.717, 1.165) is 16.6 Å². The molecule has 2 N–H and O–H groups in total. The van der Waals surface area contributed by atoms with Gasteiger partial charge in [0.2, 0.25) is 0 Å². The van der Waals surface area contributed by atoms with Crippen LogP contribution in [0.1, 0.15) is 23.6 Å². The van der Waals surface area contributed by atoms with Crippen molar-refractivity contribution in [1.29, 1.82) is 0 Å². The second kappa shape index (κ2) is 7.30. The molecule has 0 fully saturated rings. The zero-order chi connectivity index (χ0) is 14.5. The fraction of sp³-hybridized carbons (Fsp3) is 0.294. The van der Waals surface area contributed by atoms with Crippen LogP contribution in [0.15, 0.2) is 51.8 Å². The third-order valence-corrected chi connectivity index (χ3v) is 5.09. The van der Waals surface area contributed by atoms with Gasteiger partial charge in [-0.1, -0.05) is 35.9 Å². The molecular formula is C17H20BrNS. The topological polar surface area (TPSA) is 26.0 Å². The molecule has 106 valence electrons. The Morgan fingerprint density at radius 2 is 1.95 bits per heavy atom. The summed E-state index contributed by atoms with van der Waals surface area (Å²) in [4.78, 5) is 1.28. The van der Waals surface area contributed by atoms with Gasteiger partial charge in [-0.25, -0.2) is 0 Å². The van der Waals surface area contributed by atoms with Gasteiger partial charge in [-0.05, 0) is 59.5 Å². The minimum absolute atomic E-state index is 0.202. The smallest absolute Gasteiger partial charge is 0.0314 e. The van der Waals surface area contributed by atoms with Crippen molar-refractivity contribution >= 4 is 27.7 Å². The maximum Gasteiger partial charge on any atom is 0.0314 e. The Labute approximate surface area is 134 Å². The van der Waals surface area contributed by atoms with Crippen molar-refractivity contribution in [3.8, 4) is 0 Å². The van der Waals surface area contributed by atoms with Gasteiger partial charge in [-0.3, -0.25) is 0 Å². The molecular weight excluding hydrogens is 330 g/mol. The SMILES string of the molecule is Cc1cccc(CSc2ccc(CC(C)N)cc2Br)c1. The highest BCUT2D eigenvalue weighted by atomic mass is 79.9. The number of hydrogen-bond donors (Lipinski definition) is 1. The van der Waals surface area contributed by atoms with Crippen LogP contribution in [0.5, 0.6) is 0 Å². The van der Waals surface area contributed by atoms with E-state index in [1.807, 2.05) is 18.7 Å². The van der Waals surface area contributed by atoms with Gasteiger partial charge in [0.1, 0.15) is 0 Å². The van der Waals surface area contributed by atoms with Gasteiger partial charge in [0.25, 0.3) is 0 Å². The quantitative estimate of drug-likeness (QED) is 0.773. The molecule has 0 bridgehead atoms. The normalized spacial score (nSPS) is 12.4.